The number of hydrogen-bond acceptors (Lipinski definition) is 7. The first kappa shape index (κ1) is 23.1. The summed E-state index contributed by atoms with van der Waals surface area (Å²) in [6.07, 6.45) is -0.0566. The zero-order valence-electron chi connectivity index (χ0n) is 17.3. The molecule has 170 valence electrons. The number of fused-ring (bicyclic) bond motifs is 1. The molecule has 1 aliphatic rings. The monoisotopic (exact) mass is 513 g/mol. The minimum atomic E-state index is -3.54. The third kappa shape index (κ3) is 4.80. The average molecular weight is 514 g/mol. The number of benzene rings is 2. The molecule has 1 amide bonds. The van der Waals surface area contributed by atoms with Crippen molar-refractivity contribution in [2.75, 3.05) is 43.9 Å². The molecule has 0 spiro atoms. The van der Waals surface area contributed by atoms with Crippen LogP contribution in [0, 0.1) is 0 Å². The molecule has 0 bridgehead atoms. The van der Waals surface area contributed by atoms with E-state index >= 15 is 0 Å². The lowest BCUT2D eigenvalue weighted by Crippen LogP contribution is -2.49. The van der Waals surface area contributed by atoms with Gasteiger partial charge < -0.3 is 14.5 Å². The smallest absolute Gasteiger partial charge is 0.223 e. The van der Waals surface area contributed by atoms with Gasteiger partial charge in [0.25, 0.3) is 0 Å². The van der Waals surface area contributed by atoms with Crippen LogP contribution in [0.4, 0.5) is 5.13 Å². The highest BCUT2D eigenvalue weighted by Gasteiger charge is 2.25. The summed E-state index contributed by atoms with van der Waals surface area (Å²) in [5.41, 5.74) is 0.728. The van der Waals surface area contributed by atoms with Crippen LogP contribution >= 0.6 is 34.5 Å². The summed E-state index contributed by atoms with van der Waals surface area (Å²) >= 11 is 13.6. The van der Waals surface area contributed by atoms with Crippen molar-refractivity contribution in [3.05, 3.63) is 46.4 Å². The van der Waals surface area contributed by atoms with Crippen LogP contribution in [0.3, 0.4) is 0 Å². The number of methoxy groups -OCH3 is 1. The average Bonchev–Trinajstić information content (AvgIpc) is 3.25. The molecule has 1 saturated heterocycles. The zero-order chi connectivity index (χ0) is 22.9. The van der Waals surface area contributed by atoms with Crippen molar-refractivity contribution in [2.45, 2.75) is 11.3 Å². The van der Waals surface area contributed by atoms with Crippen molar-refractivity contribution in [3.8, 4) is 5.75 Å². The first-order valence-electron chi connectivity index (χ1n) is 9.92. The first-order chi connectivity index (χ1) is 15.3. The summed E-state index contributed by atoms with van der Waals surface area (Å²) in [6.45, 7) is 2.21. The van der Waals surface area contributed by atoms with Crippen LogP contribution in [0.1, 0.15) is 6.42 Å². The van der Waals surface area contributed by atoms with Gasteiger partial charge in [-0.15, -0.1) is 0 Å². The van der Waals surface area contributed by atoms with Gasteiger partial charge in [0.15, 0.2) is 15.0 Å². The quantitative estimate of drug-likeness (QED) is 0.493. The predicted octanol–water partition coefficient (Wildman–Crippen LogP) is 4.12. The molecule has 11 heteroatoms. The molecule has 0 saturated carbocycles. The van der Waals surface area contributed by atoms with Crippen molar-refractivity contribution < 1.29 is 17.9 Å². The van der Waals surface area contributed by atoms with Crippen molar-refractivity contribution >= 4 is 65.6 Å². The normalized spacial score (nSPS) is 14.7. The molecule has 0 unspecified atom stereocenters. The van der Waals surface area contributed by atoms with Crippen LogP contribution < -0.4 is 9.64 Å². The maximum Gasteiger partial charge on any atom is 0.223 e. The van der Waals surface area contributed by atoms with Crippen molar-refractivity contribution in [3.63, 3.8) is 0 Å². The predicted molar refractivity (Wildman–Crippen MR) is 128 cm³/mol. The summed E-state index contributed by atoms with van der Waals surface area (Å²) in [4.78, 5) is 21.3. The van der Waals surface area contributed by atoms with E-state index in [0.29, 0.717) is 42.0 Å². The molecule has 0 radical (unpaired) electrons. The van der Waals surface area contributed by atoms with E-state index < -0.39 is 9.84 Å². The Labute approximate surface area is 200 Å². The second kappa shape index (κ2) is 9.43. The number of piperazine rings is 1. The van der Waals surface area contributed by atoms with Gasteiger partial charge in [-0.05, 0) is 36.4 Å². The number of rotatable bonds is 6. The molecular formula is C21H21Cl2N3O4S2. The lowest BCUT2D eigenvalue weighted by Gasteiger charge is -2.34. The summed E-state index contributed by atoms with van der Waals surface area (Å²) in [7, 11) is -1.94. The Bertz CT molecular complexity index is 1240. The van der Waals surface area contributed by atoms with E-state index in [4.69, 9.17) is 27.9 Å². The SMILES string of the molecule is COc1ccc(Cl)c2sc(N3CCN(C(=O)CCS(=O)(=O)c4ccc(Cl)cc4)CC3)nc12. The maximum absolute atomic E-state index is 12.6. The van der Waals surface area contributed by atoms with Gasteiger partial charge in [0, 0.05) is 37.6 Å². The molecule has 0 N–H and O–H groups in total. The number of halogens is 2. The molecular weight excluding hydrogens is 493 g/mol. The lowest BCUT2D eigenvalue weighted by atomic mass is 10.3. The molecule has 7 nitrogen and oxygen atoms in total. The summed E-state index contributed by atoms with van der Waals surface area (Å²) < 4.78 is 31.2. The summed E-state index contributed by atoms with van der Waals surface area (Å²) in [5.74, 6) is 0.267. The molecule has 1 aromatic heterocycles. The fourth-order valence-corrected chi connectivity index (χ4v) is 6.19. The number of sulfone groups is 1. The van der Waals surface area contributed by atoms with Crippen LogP contribution in [0.5, 0.6) is 5.75 Å². The number of ether oxygens (including phenoxy) is 1. The highest BCUT2D eigenvalue weighted by Crippen LogP contribution is 2.38. The maximum atomic E-state index is 12.6. The third-order valence-corrected chi connectivity index (χ3v) is 8.89. The number of thiazole rings is 1. The van der Waals surface area contributed by atoms with Crippen molar-refractivity contribution in [1.29, 1.82) is 0 Å². The molecule has 1 fully saturated rings. The van der Waals surface area contributed by atoms with Gasteiger partial charge >= 0.3 is 0 Å². The van der Waals surface area contributed by atoms with Crippen LogP contribution in [-0.2, 0) is 14.6 Å². The Morgan fingerprint density at radius 3 is 2.44 bits per heavy atom. The standard InChI is InChI=1S/C21H21Cl2N3O4S2/c1-30-17-7-6-16(23)20-19(17)24-21(31-20)26-11-9-25(10-12-26)18(27)8-13-32(28,29)15-4-2-14(22)3-5-15/h2-7H,8-13H2,1H3. The van der Waals surface area contributed by atoms with E-state index in [0.717, 1.165) is 15.3 Å². The molecule has 2 heterocycles. The Kier molecular flexibility index (Phi) is 6.80. The van der Waals surface area contributed by atoms with E-state index in [1.54, 1.807) is 24.1 Å². The number of amides is 1. The summed E-state index contributed by atoms with van der Waals surface area (Å²) in [5, 5.41) is 1.91. The number of aromatic nitrogens is 1. The molecule has 1 aliphatic heterocycles. The first-order valence-corrected chi connectivity index (χ1v) is 13.1. The van der Waals surface area contributed by atoms with Gasteiger partial charge in [0.2, 0.25) is 5.91 Å². The topological polar surface area (TPSA) is 79.8 Å². The summed E-state index contributed by atoms with van der Waals surface area (Å²) in [6, 6.07) is 9.56. The largest absolute Gasteiger partial charge is 0.494 e. The van der Waals surface area contributed by atoms with Gasteiger partial charge in [-0.3, -0.25) is 4.79 Å². The number of carbonyl (C=O) groups is 1. The Hall–Kier alpha value is -2.07. The van der Waals surface area contributed by atoms with Crippen LogP contribution in [0.25, 0.3) is 10.2 Å². The van der Waals surface area contributed by atoms with Gasteiger partial charge in [0.1, 0.15) is 11.3 Å². The highest BCUT2D eigenvalue weighted by atomic mass is 35.5. The minimum absolute atomic E-state index is 0.0566. The molecule has 2 aromatic carbocycles. The van der Waals surface area contributed by atoms with Crippen LogP contribution in [0.15, 0.2) is 41.3 Å². The highest BCUT2D eigenvalue weighted by molar-refractivity contribution is 7.91. The number of carbonyl (C=O) groups excluding carboxylic acids is 1. The Balaban J connectivity index is 1.36. The molecule has 0 aliphatic carbocycles. The van der Waals surface area contributed by atoms with E-state index in [2.05, 4.69) is 9.88 Å². The van der Waals surface area contributed by atoms with Crippen LogP contribution in [-0.4, -0.2) is 63.3 Å². The van der Waals surface area contributed by atoms with Crippen LogP contribution in [0.2, 0.25) is 10.0 Å². The lowest BCUT2D eigenvalue weighted by molar-refractivity contribution is -0.131. The van der Waals surface area contributed by atoms with E-state index in [9.17, 15) is 13.2 Å². The minimum Gasteiger partial charge on any atom is -0.494 e. The zero-order valence-corrected chi connectivity index (χ0v) is 20.4. The second-order valence-electron chi connectivity index (χ2n) is 7.31. The molecule has 32 heavy (non-hydrogen) atoms. The van der Waals surface area contributed by atoms with E-state index in [-0.39, 0.29) is 23.0 Å². The molecule has 4 rings (SSSR count). The fraction of sp³-hybridized carbons (Fsp3) is 0.333. The second-order valence-corrected chi connectivity index (χ2v) is 11.2. The van der Waals surface area contributed by atoms with Gasteiger partial charge in [-0.25, -0.2) is 13.4 Å². The Morgan fingerprint density at radius 1 is 1.09 bits per heavy atom. The van der Waals surface area contributed by atoms with E-state index in [1.165, 1.54) is 35.6 Å². The fourth-order valence-electron chi connectivity index (χ4n) is 3.53. The molecule has 3 aromatic rings. The molecule has 0 atom stereocenters. The van der Waals surface area contributed by atoms with E-state index in [1.807, 2.05) is 0 Å². The van der Waals surface area contributed by atoms with Crippen molar-refractivity contribution in [1.82, 2.24) is 9.88 Å². The third-order valence-electron chi connectivity index (χ3n) is 5.33. The van der Waals surface area contributed by atoms with Crippen molar-refractivity contribution in [2.24, 2.45) is 0 Å². The number of anilines is 1. The number of hydrogen-bond donors (Lipinski definition) is 0. The van der Waals surface area contributed by atoms with Gasteiger partial charge in [-0.2, -0.15) is 0 Å². The Morgan fingerprint density at radius 2 is 1.78 bits per heavy atom. The number of nitrogens with zero attached hydrogens (tertiary/aromatic N) is 3. The van der Waals surface area contributed by atoms with Gasteiger partial charge in [0.05, 0.1) is 27.5 Å². The van der Waals surface area contributed by atoms with Gasteiger partial charge in [-0.1, -0.05) is 34.5 Å².